The highest BCUT2D eigenvalue weighted by Crippen LogP contribution is 2.37. The summed E-state index contributed by atoms with van der Waals surface area (Å²) in [6, 6.07) is 15.0. The molecule has 0 amide bonds. The second kappa shape index (κ2) is 6.57. The molecule has 2 aromatic carbocycles. The highest BCUT2D eigenvalue weighted by Gasteiger charge is 2.26. The lowest BCUT2D eigenvalue weighted by atomic mass is 10.0. The molecule has 1 atom stereocenters. The predicted octanol–water partition coefficient (Wildman–Crippen LogP) is 3.70. The van der Waals surface area contributed by atoms with E-state index in [-0.39, 0.29) is 9.17 Å². The van der Waals surface area contributed by atoms with Crippen molar-refractivity contribution in [1.29, 1.82) is 0 Å². The number of phenols is 1. The van der Waals surface area contributed by atoms with E-state index in [4.69, 9.17) is 4.74 Å². The molecule has 0 bridgehead atoms. The zero-order valence-corrected chi connectivity index (χ0v) is 14.7. The van der Waals surface area contributed by atoms with Gasteiger partial charge in [0.1, 0.15) is 30.8 Å². The van der Waals surface area contributed by atoms with Gasteiger partial charge in [0.25, 0.3) is 0 Å². The van der Waals surface area contributed by atoms with Crippen molar-refractivity contribution in [2.45, 2.75) is 10.3 Å². The minimum Gasteiger partial charge on any atom is -0.508 e. The Labute approximate surface area is 148 Å². The first kappa shape index (κ1) is 15.8. The molecule has 0 fully saturated rings. The van der Waals surface area contributed by atoms with Crippen molar-refractivity contribution >= 4 is 22.6 Å². The van der Waals surface area contributed by atoms with Crippen molar-refractivity contribution in [2.24, 2.45) is 0 Å². The molecule has 3 rings (SSSR count). The first-order chi connectivity index (χ1) is 11.1. The molecule has 0 aliphatic carbocycles. The van der Waals surface area contributed by atoms with Crippen LogP contribution in [0.3, 0.4) is 0 Å². The molecule has 1 aromatic heterocycles. The number of benzene rings is 2. The Morgan fingerprint density at radius 3 is 2.57 bits per heavy atom. The van der Waals surface area contributed by atoms with E-state index in [0.717, 1.165) is 17.0 Å². The van der Waals surface area contributed by atoms with Crippen molar-refractivity contribution in [3.05, 3.63) is 66.7 Å². The number of nitrogens with zero attached hydrogens (tertiary/aromatic N) is 3. The SMILES string of the molecule is CC(I)(COc1ccc(-n2cncn2)cc1)c1ccccc1O. The molecule has 6 heteroatoms. The molecule has 1 heterocycles. The maximum absolute atomic E-state index is 10.0. The number of ether oxygens (including phenoxy) is 1. The zero-order chi connectivity index (χ0) is 16.3. The van der Waals surface area contributed by atoms with Gasteiger partial charge >= 0.3 is 0 Å². The third-order valence-electron chi connectivity index (χ3n) is 3.50. The maximum atomic E-state index is 10.0. The van der Waals surface area contributed by atoms with Crippen LogP contribution in [0.25, 0.3) is 5.69 Å². The number of alkyl halides is 1. The Morgan fingerprint density at radius 2 is 1.91 bits per heavy atom. The van der Waals surface area contributed by atoms with Crippen LogP contribution in [0.2, 0.25) is 0 Å². The lowest BCUT2D eigenvalue weighted by Gasteiger charge is -2.24. The van der Waals surface area contributed by atoms with Crippen LogP contribution >= 0.6 is 22.6 Å². The van der Waals surface area contributed by atoms with Crippen molar-refractivity contribution in [1.82, 2.24) is 14.8 Å². The largest absolute Gasteiger partial charge is 0.508 e. The molecule has 0 aliphatic rings. The average molecular weight is 421 g/mol. The lowest BCUT2D eigenvalue weighted by Crippen LogP contribution is -2.22. The summed E-state index contributed by atoms with van der Waals surface area (Å²) in [6.45, 7) is 2.49. The zero-order valence-electron chi connectivity index (χ0n) is 12.6. The van der Waals surface area contributed by atoms with Crippen LogP contribution in [0.15, 0.2) is 61.2 Å². The van der Waals surface area contributed by atoms with Gasteiger partial charge in [-0.05, 0) is 37.3 Å². The van der Waals surface area contributed by atoms with Crippen molar-refractivity contribution in [3.8, 4) is 17.2 Å². The standard InChI is InChI=1S/C17H16IN3O2/c1-17(18,15-4-2-3-5-16(15)22)10-23-14-8-6-13(7-9-14)21-12-19-11-20-21/h2-9,11-12,22H,10H2,1H3. The van der Waals surface area contributed by atoms with Gasteiger partial charge in [-0.15, -0.1) is 0 Å². The van der Waals surface area contributed by atoms with Crippen LogP contribution in [0, 0.1) is 0 Å². The monoisotopic (exact) mass is 421 g/mol. The molecule has 5 nitrogen and oxygen atoms in total. The minimum absolute atomic E-state index is 0.287. The van der Waals surface area contributed by atoms with Gasteiger partial charge in [-0.1, -0.05) is 40.8 Å². The van der Waals surface area contributed by atoms with Crippen LogP contribution < -0.4 is 4.74 Å². The molecule has 23 heavy (non-hydrogen) atoms. The lowest BCUT2D eigenvalue weighted by molar-refractivity contribution is 0.285. The Bertz CT molecular complexity index is 771. The number of rotatable bonds is 5. The van der Waals surface area contributed by atoms with Crippen molar-refractivity contribution in [2.75, 3.05) is 6.61 Å². The summed E-state index contributed by atoms with van der Waals surface area (Å²) in [4.78, 5) is 3.93. The molecule has 0 saturated carbocycles. The average Bonchev–Trinajstić information content (AvgIpc) is 3.08. The van der Waals surface area contributed by atoms with E-state index in [9.17, 15) is 5.11 Å². The molecule has 0 spiro atoms. The fourth-order valence-corrected chi connectivity index (χ4v) is 2.86. The Kier molecular flexibility index (Phi) is 4.51. The summed E-state index contributed by atoms with van der Waals surface area (Å²) in [5, 5.41) is 14.1. The summed E-state index contributed by atoms with van der Waals surface area (Å²) < 4.78 is 7.25. The molecule has 0 radical (unpaired) electrons. The summed E-state index contributed by atoms with van der Waals surface area (Å²) >= 11 is 2.30. The summed E-state index contributed by atoms with van der Waals surface area (Å²) in [7, 11) is 0. The van der Waals surface area contributed by atoms with Crippen LogP contribution in [0.1, 0.15) is 12.5 Å². The van der Waals surface area contributed by atoms with Crippen molar-refractivity contribution in [3.63, 3.8) is 0 Å². The maximum Gasteiger partial charge on any atom is 0.138 e. The van der Waals surface area contributed by atoms with Gasteiger partial charge in [0.2, 0.25) is 0 Å². The van der Waals surface area contributed by atoms with Gasteiger partial charge in [0, 0.05) is 5.56 Å². The first-order valence-corrected chi connectivity index (χ1v) is 8.19. The Balaban J connectivity index is 1.69. The molecular formula is C17H16IN3O2. The number of phenolic OH excluding ortho intramolecular Hbond substituents is 1. The quantitative estimate of drug-likeness (QED) is 0.504. The third kappa shape index (κ3) is 3.64. The number of halogens is 1. The molecule has 118 valence electrons. The van der Waals surface area contributed by atoms with Gasteiger partial charge in [0.15, 0.2) is 0 Å². The van der Waals surface area contributed by atoms with Gasteiger partial charge in [0.05, 0.1) is 9.11 Å². The molecular weight excluding hydrogens is 405 g/mol. The number of aromatic nitrogens is 3. The second-order valence-corrected chi connectivity index (χ2v) is 7.72. The van der Waals surface area contributed by atoms with E-state index in [0.29, 0.717) is 6.61 Å². The van der Waals surface area contributed by atoms with Crippen LogP contribution in [0.4, 0.5) is 0 Å². The van der Waals surface area contributed by atoms with E-state index >= 15 is 0 Å². The van der Waals surface area contributed by atoms with E-state index in [1.54, 1.807) is 17.1 Å². The van der Waals surface area contributed by atoms with Gasteiger partial charge in [-0.2, -0.15) is 5.10 Å². The summed E-state index contributed by atoms with van der Waals surface area (Å²) in [5.41, 5.74) is 1.78. The van der Waals surface area contributed by atoms with Gasteiger partial charge in [-0.3, -0.25) is 0 Å². The predicted molar refractivity (Wildman–Crippen MR) is 96.3 cm³/mol. The molecule has 0 saturated heterocycles. The number of hydrogen-bond acceptors (Lipinski definition) is 4. The highest BCUT2D eigenvalue weighted by atomic mass is 127. The fraction of sp³-hybridized carbons (Fsp3) is 0.176. The number of hydrogen-bond donors (Lipinski definition) is 1. The molecule has 1 N–H and O–H groups in total. The number of aromatic hydroxyl groups is 1. The summed E-state index contributed by atoms with van der Waals surface area (Å²) in [6.07, 6.45) is 3.15. The fourth-order valence-electron chi connectivity index (χ4n) is 2.25. The van der Waals surface area contributed by atoms with Gasteiger partial charge in [-0.25, -0.2) is 9.67 Å². The summed E-state index contributed by atoms with van der Waals surface area (Å²) in [5.74, 6) is 1.06. The molecule has 3 aromatic rings. The normalized spacial score (nSPS) is 13.5. The van der Waals surface area contributed by atoms with Crippen LogP contribution in [0.5, 0.6) is 11.5 Å². The smallest absolute Gasteiger partial charge is 0.138 e. The molecule has 1 unspecified atom stereocenters. The van der Waals surface area contributed by atoms with Gasteiger partial charge < -0.3 is 9.84 Å². The topological polar surface area (TPSA) is 60.2 Å². The third-order valence-corrected chi connectivity index (χ3v) is 4.39. The van der Waals surface area contributed by atoms with Crippen molar-refractivity contribution < 1.29 is 9.84 Å². The van der Waals surface area contributed by atoms with E-state index in [1.807, 2.05) is 49.4 Å². The second-order valence-electron chi connectivity index (χ2n) is 5.34. The first-order valence-electron chi connectivity index (χ1n) is 7.11. The molecule has 0 aliphatic heterocycles. The van der Waals surface area contributed by atoms with E-state index in [1.165, 1.54) is 6.33 Å². The van der Waals surface area contributed by atoms with Crippen LogP contribution in [-0.4, -0.2) is 26.5 Å². The minimum atomic E-state index is -0.326. The van der Waals surface area contributed by atoms with E-state index in [2.05, 4.69) is 32.7 Å². The van der Waals surface area contributed by atoms with E-state index < -0.39 is 0 Å². The Morgan fingerprint density at radius 1 is 1.17 bits per heavy atom. The van der Waals surface area contributed by atoms with Crippen LogP contribution in [-0.2, 0) is 3.42 Å². The number of para-hydroxylation sites is 1. The Hall–Kier alpha value is -2.09. The highest BCUT2D eigenvalue weighted by molar-refractivity contribution is 14.1.